The molecule has 2 N–H and O–H groups in total. The smallest absolute Gasteiger partial charge is 0.191 e. The molecule has 1 aromatic carbocycles. The summed E-state index contributed by atoms with van der Waals surface area (Å²) in [6, 6.07) is 8.71. The van der Waals surface area contributed by atoms with Crippen molar-refractivity contribution >= 4 is 41.7 Å². The highest BCUT2D eigenvalue weighted by molar-refractivity contribution is 14.0. The van der Waals surface area contributed by atoms with E-state index in [1.165, 1.54) is 11.1 Å². The molecule has 20 heavy (non-hydrogen) atoms. The second kappa shape index (κ2) is 12.1. The van der Waals surface area contributed by atoms with Gasteiger partial charge >= 0.3 is 0 Å². The highest BCUT2D eigenvalue weighted by atomic mass is 127. The van der Waals surface area contributed by atoms with Crippen molar-refractivity contribution in [2.75, 3.05) is 25.9 Å². The third kappa shape index (κ3) is 8.47. The van der Waals surface area contributed by atoms with Crippen molar-refractivity contribution in [2.24, 2.45) is 4.99 Å². The Kier molecular flexibility index (Phi) is 11.7. The minimum absolute atomic E-state index is 0. The summed E-state index contributed by atoms with van der Waals surface area (Å²) in [4.78, 5) is 4.13. The number of hydrogen-bond acceptors (Lipinski definition) is 2. The number of rotatable bonds is 7. The Bertz CT molecular complexity index is 404. The maximum Gasteiger partial charge on any atom is 0.191 e. The van der Waals surface area contributed by atoms with Crippen LogP contribution in [0.1, 0.15) is 11.1 Å². The van der Waals surface area contributed by atoms with Crippen LogP contribution in [0.2, 0.25) is 0 Å². The van der Waals surface area contributed by atoms with E-state index in [9.17, 15) is 0 Å². The van der Waals surface area contributed by atoms with Gasteiger partial charge in [0.05, 0.1) is 0 Å². The summed E-state index contributed by atoms with van der Waals surface area (Å²) < 4.78 is 0. The summed E-state index contributed by atoms with van der Waals surface area (Å²) in [5, 5.41) is 6.42. The first-order chi connectivity index (χ1) is 9.26. The van der Waals surface area contributed by atoms with Crippen molar-refractivity contribution < 1.29 is 0 Å². The minimum atomic E-state index is 0. The molecule has 3 nitrogen and oxygen atoms in total. The molecule has 0 spiro atoms. The summed E-state index contributed by atoms with van der Waals surface area (Å²) in [5.74, 6) is 2.94. The fourth-order valence-corrected chi connectivity index (χ4v) is 2.32. The molecule has 1 aromatic rings. The molecule has 0 aliphatic carbocycles. The Balaban J connectivity index is 0.00000361. The second-order valence-corrected chi connectivity index (χ2v) is 5.31. The van der Waals surface area contributed by atoms with Crippen LogP contribution in [0.15, 0.2) is 41.9 Å². The van der Waals surface area contributed by atoms with Crippen LogP contribution >= 0.6 is 35.7 Å². The van der Waals surface area contributed by atoms with E-state index in [-0.39, 0.29) is 24.0 Å². The normalized spacial score (nSPS) is 10.6. The van der Waals surface area contributed by atoms with Crippen LogP contribution < -0.4 is 10.6 Å². The Morgan fingerprint density at radius 2 is 2.00 bits per heavy atom. The first-order valence-electron chi connectivity index (χ1n) is 6.45. The van der Waals surface area contributed by atoms with Crippen molar-refractivity contribution in [3.8, 4) is 0 Å². The average molecular weight is 405 g/mol. The lowest BCUT2D eigenvalue weighted by Gasteiger charge is -2.10. The molecule has 112 valence electrons. The molecular formula is C15H24IN3S. The molecule has 0 saturated heterocycles. The van der Waals surface area contributed by atoms with Crippen molar-refractivity contribution in [1.29, 1.82) is 0 Å². The van der Waals surface area contributed by atoms with Crippen molar-refractivity contribution in [3.05, 3.63) is 48.0 Å². The molecule has 0 fully saturated rings. The van der Waals surface area contributed by atoms with Gasteiger partial charge in [-0.1, -0.05) is 35.9 Å². The summed E-state index contributed by atoms with van der Waals surface area (Å²) in [5.41, 5.74) is 2.69. The Morgan fingerprint density at radius 3 is 2.60 bits per heavy atom. The Hall–Kier alpha value is -0.690. The van der Waals surface area contributed by atoms with Gasteiger partial charge in [0, 0.05) is 31.6 Å². The van der Waals surface area contributed by atoms with Gasteiger partial charge in [-0.2, -0.15) is 11.8 Å². The number of nitrogens with one attached hydrogen (secondary N) is 2. The maximum absolute atomic E-state index is 4.13. The van der Waals surface area contributed by atoms with Gasteiger partial charge in [0.2, 0.25) is 0 Å². The topological polar surface area (TPSA) is 36.4 Å². The summed E-state index contributed by atoms with van der Waals surface area (Å²) in [6.45, 7) is 7.42. The van der Waals surface area contributed by atoms with Gasteiger partial charge in [0.1, 0.15) is 0 Å². The SMILES string of the molecule is C=CCNC(=NC)NCCSCc1ccc(C)cc1.I. The fourth-order valence-electron chi connectivity index (χ4n) is 1.51. The molecule has 1 rings (SSSR count). The number of guanidine groups is 1. The van der Waals surface area contributed by atoms with Crippen LogP contribution in [0.25, 0.3) is 0 Å². The molecule has 0 radical (unpaired) electrons. The predicted molar refractivity (Wildman–Crippen MR) is 102 cm³/mol. The van der Waals surface area contributed by atoms with Crippen LogP contribution in [0.4, 0.5) is 0 Å². The van der Waals surface area contributed by atoms with Crippen LogP contribution in [0.3, 0.4) is 0 Å². The third-order valence-electron chi connectivity index (χ3n) is 2.57. The molecule has 0 saturated carbocycles. The summed E-state index contributed by atoms with van der Waals surface area (Å²) in [6.07, 6.45) is 1.82. The summed E-state index contributed by atoms with van der Waals surface area (Å²) >= 11 is 1.92. The van der Waals surface area contributed by atoms with Crippen LogP contribution in [0.5, 0.6) is 0 Å². The van der Waals surface area contributed by atoms with E-state index in [2.05, 4.69) is 53.4 Å². The van der Waals surface area contributed by atoms with Gasteiger partial charge in [0.25, 0.3) is 0 Å². The van der Waals surface area contributed by atoms with Gasteiger partial charge in [-0.05, 0) is 12.5 Å². The quantitative estimate of drug-likeness (QED) is 0.241. The molecule has 0 aliphatic heterocycles. The molecule has 0 atom stereocenters. The first-order valence-corrected chi connectivity index (χ1v) is 7.60. The predicted octanol–water partition coefficient (Wildman–Crippen LogP) is 3.20. The molecular weight excluding hydrogens is 381 g/mol. The van der Waals surface area contributed by atoms with Gasteiger partial charge < -0.3 is 10.6 Å². The number of halogens is 1. The van der Waals surface area contributed by atoms with Crippen LogP contribution in [-0.4, -0.2) is 31.8 Å². The third-order valence-corrected chi connectivity index (χ3v) is 3.60. The number of aliphatic imine (C=N–C) groups is 1. The highest BCUT2D eigenvalue weighted by Gasteiger charge is 1.96. The molecule has 0 amide bonds. The average Bonchev–Trinajstić information content (AvgIpc) is 2.44. The minimum Gasteiger partial charge on any atom is -0.356 e. The second-order valence-electron chi connectivity index (χ2n) is 4.21. The lowest BCUT2D eigenvalue weighted by Crippen LogP contribution is -2.38. The largest absolute Gasteiger partial charge is 0.356 e. The van der Waals surface area contributed by atoms with E-state index in [4.69, 9.17) is 0 Å². The van der Waals surface area contributed by atoms with Gasteiger partial charge in [-0.15, -0.1) is 30.6 Å². The van der Waals surface area contributed by atoms with E-state index in [0.717, 1.165) is 30.6 Å². The lowest BCUT2D eigenvalue weighted by molar-refractivity contribution is 0.885. The van der Waals surface area contributed by atoms with Crippen molar-refractivity contribution in [1.82, 2.24) is 10.6 Å². The van der Waals surface area contributed by atoms with Gasteiger partial charge in [-0.3, -0.25) is 4.99 Å². The molecule has 5 heteroatoms. The number of hydrogen-bond donors (Lipinski definition) is 2. The van der Waals surface area contributed by atoms with Crippen LogP contribution in [-0.2, 0) is 5.75 Å². The van der Waals surface area contributed by atoms with E-state index >= 15 is 0 Å². The number of aryl methyl sites for hydroxylation is 1. The Labute approximate surface area is 143 Å². The number of nitrogens with zero attached hydrogens (tertiary/aromatic N) is 1. The molecule has 0 aliphatic rings. The van der Waals surface area contributed by atoms with Crippen LogP contribution in [0, 0.1) is 6.92 Å². The molecule has 0 aromatic heterocycles. The Morgan fingerprint density at radius 1 is 1.30 bits per heavy atom. The number of thioether (sulfide) groups is 1. The van der Waals surface area contributed by atoms with Crippen molar-refractivity contribution in [3.63, 3.8) is 0 Å². The highest BCUT2D eigenvalue weighted by Crippen LogP contribution is 2.12. The lowest BCUT2D eigenvalue weighted by atomic mass is 10.2. The van der Waals surface area contributed by atoms with E-state index in [1.807, 2.05) is 17.8 Å². The van der Waals surface area contributed by atoms with E-state index in [0.29, 0.717) is 0 Å². The summed E-state index contributed by atoms with van der Waals surface area (Å²) in [7, 11) is 1.78. The fraction of sp³-hybridized carbons (Fsp3) is 0.400. The standard InChI is InChI=1S/C15H23N3S.HI/c1-4-9-17-15(16-3)18-10-11-19-12-14-7-5-13(2)6-8-14;/h4-8H,1,9-12H2,2-3H3,(H2,16,17,18);1H. The molecule has 0 unspecified atom stereocenters. The zero-order valence-electron chi connectivity index (χ0n) is 12.2. The molecule has 0 heterocycles. The molecule has 0 bridgehead atoms. The van der Waals surface area contributed by atoms with Crippen molar-refractivity contribution in [2.45, 2.75) is 12.7 Å². The first kappa shape index (κ1) is 19.3. The number of benzene rings is 1. The van der Waals surface area contributed by atoms with Gasteiger partial charge in [0.15, 0.2) is 5.96 Å². The maximum atomic E-state index is 4.13. The zero-order chi connectivity index (χ0) is 13.9. The monoisotopic (exact) mass is 405 g/mol. The van der Waals surface area contributed by atoms with Gasteiger partial charge in [-0.25, -0.2) is 0 Å². The van der Waals surface area contributed by atoms with E-state index in [1.54, 1.807) is 7.05 Å². The van der Waals surface area contributed by atoms with E-state index < -0.39 is 0 Å². The zero-order valence-corrected chi connectivity index (χ0v) is 15.3.